The molecular formula is C24H27N3O2. The van der Waals surface area contributed by atoms with Crippen molar-refractivity contribution in [3.05, 3.63) is 71.8 Å². The summed E-state index contributed by atoms with van der Waals surface area (Å²) in [7, 11) is 1.56. The van der Waals surface area contributed by atoms with Gasteiger partial charge < -0.3 is 9.84 Å². The maximum Gasteiger partial charge on any atom is 0.161 e. The molecule has 1 N–H and O–H groups in total. The van der Waals surface area contributed by atoms with Crippen LogP contribution in [0.15, 0.2) is 65.8 Å². The van der Waals surface area contributed by atoms with E-state index >= 15 is 0 Å². The molecule has 1 fully saturated rings. The predicted molar refractivity (Wildman–Crippen MR) is 118 cm³/mol. The van der Waals surface area contributed by atoms with Gasteiger partial charge in [0, 0.05) is 38.3 Å². The summed E-state index contributed by atoms with van der Waals surface area (Å²) in [6, 6.07) is 20.5. The van der Waals surface area contributed by atoms with Crippen LogP contribution in [0.1, 0.15) is 18.1 Å². The molecule has 0 spiro atoms. The van der Waals surface area contributed by atoms with Crippen LogP contribution in [0, 0.1) is 0 Å². The molecule has 0 aliphatic carbocycles. The molecule has 29 heavy (non-hydrogen) atoms. The molecule has 5 heteroatoms. The maximum absolute atomic E-state index is 9.77. The van der Waals surface area contributed by atoms with Crippen molar-refractivity contribution >= 4 is 16.5 Å². The molecule has 0 amide bonds. The number of hydrogen-bond acceptors (Lipinski definition) is 5. The molecule has 1 aliphatic heterocycles. The van der Waals surface area contributed by atoms with Crippen molar-refractivity contribution in [3.8, 4) is 11.5 Å². The molecule has 1 saturated heterocycles. The van der Waals surface area contributed by atoms with Gasteiger partial charge in [0.05, 0.1) is 12.8 Å². The van der Waals surface area contributed by atoms with Crippen LogP contribution in [0.2, 0.25) is 0 Å². The molecule has 0 saturated carbocycles. The fourth-order valence-electron chi connectivity index (χ4n) is 3.84. The highest BCUT2D eigenvalue weighted by atomic mass is 16.5. The Hall–Kier alpha value is -3.05. The van der Waals surface area contributed by atoms with Gasteiger partial charge in [-0.15, -0.1) is 0 Å². The van der Waals surface area contributed by atoms with E-state index in [1.807, 2.05) is 19.1 Å². The average molecular weight is 389 g/mol. The average Bonchev–Trinajstić information content (AvgIpc) is 2.75. The van der Waals surface area contributed by atoms with Gasteiger partial charge in [0.15, 0.2) is 11.5 Å². The third kappa shape index (κ3) is 4.35. The SMILES string of the molecule is COc1cc(/C(C)=N\N2CCN(Cc3cccc4ccccc34)CC2)ccc1O. The van der Waals surface area contributed by atoms with Crippen LogP contribution in [-0.4, -0.2) is 54.0 Å². The van der Waals surface area contributed by atoms with Crippen LogP contribution in [0.5, 0.6) is 11.5 Å². The van der Waals surface area contributed by atoms with Crippen LogP contribution in [0.25, 0.3) is 10.8 Å². The summed E-state index contributed by atoms with van der Waals surface area (Å²) in [6.07, 6.45) is 0. The maximum atomic E-state index is 9.77. The number of nitrogens with zero attached hydrogens (tertiary/aromatic N) is 3. The fraction of sp³-hybridized carbons (Fsp3) is 0.292. The van der Waals surface area contributed by atoms with Crippen molar-refractivity contribution in [3.63, 3.8) is 0 Å². The summed E-state index contributed by atoms with van der Waals surface area (Å²) in [5, 5.41) is 19.3. The van der Waals surface area contributed by atoms with Gasteiger partial charge in [-0.2, -0.15) is 5.10 Å². The molecular weight excluding hydrogens is 362 g/mol. The Balaban J connectivity index is 1.39. The zero-order valence-electron chi connectivity index (χ0n) is 17.0. The quantitative estimate of drug-likeness (QED) is 0.668. The second kappa shape index (κ2) is 8.53. The fourth-order valence-corrected chi connectivity index (χ4v) is 3.84. The van der Waals surface area contributed by atoms with Gasteiger partial charge in [-0.1, -0.05) is 42.5 Å². The first-order chi connectivity index (χ1) is 14.1. The lowest BCUT2D eigenvalue weighted by atomic mass is 10.0. The van der Waals surface area contributed by atoms with E-state index in [1.54, 1.807) is 13.2 Å². The minimum absolute atomic E-state index is 0.145. The monoisotopic (exact) mass is 389 g/mol. The Bertz CT molecular complexity index is 1020. The highest BCUT2D eigenvalue weighted by Crippen LogP contribution is 2.26. The summed E-state index contributed by atoms with van der Waals surface area (Å²) in [5.74, 6) is 0.614. The first-order valence-corrected chi connectivity index (χ1v) is 10.0. The Labute approximate surface area is 171 Å². The van der Waals surface area contributed by atoms with E-state index in [9.17, 15) is 5.11 Å². The number of rotatable bonds is 5. The van der Waals surface area contributed by atoms with Crippen molar-refractivity contribution < 1.29 is 9.84 Å². The van der Waals surface area contributed by atoms with Gasteiger partial charge in [-0.3, -0.25) is 9.91 Å². The number of benzene rings is 3. The minimum Gasteiger partial charge on any atom is -0.504 e. The summed E-state index contributed by atoms with van der Waals surface area (Å²) < 4.78 is 5.20. The van der Waals surface area contributed by atoms with Crippen LogP contribution in [-0.2, 0) is 6.54 Å². The van der Waals surface area contributed by atoms with Gasteiger partial charge in [-0.05, 0) is 41.5 Å². The summed E-state index contributed by atoms with van der Waals surface area (Å²) in [6.45, 7) is 6.73. The largest absolute Gasteiger partial charge is 0.504 e. The van der Waals surface area contributed by atoms with Crippen molar-refractivity contribution in [1.29, 1.82) is 0 Å². The van der Waals surface area contributed by atoms with Gasteiger partial charge in [0.2, 0.25) is 0 Å². The number of hydrogen-bond donors (Lipinski definition) is 1. The van der Waals surface area contributed by atoms with E-state index in [0.29, 0.717) is 5.75 Å². The zero-order valence-corrected chi connectivity index (χ0v) is 17.0. The van der Waals surface area contributed by atoms with Gasteiger partial charge in [0.25, 0.3) is 0 Å². The first-order valence-electron chi connectivity index (χ1n) is 10.0. The smallest absolute Gasteiger partial charge is 0.161 e. The number of aromatic hydroxyl groups is 1. The van der Waals surface area contributed by atoms with Crippen LogP contribution < -0.4 is 4.74 Å². The van der Waals surface area contributed by atoms with E-state index in [-0.39, 0.29) is 5.75 Å². The van der Waals surface area contributed by atoms with Gasteiger partial charge in [-0.25, -0.2) is 0 Å². The second-order valence-corrected chi connectivity index (χ2v) is 7.44. The Morgan fingerprint density at radius 2 is 1.76 bits per heavy atom. The van der Waals surface area contributed by atoms with Crippen molar-refractivity contribution in [2.24, 2.45) is 5.10 Å². The molecule has 3 aromatic rings. The molecule has 1 heterocycles. The molecule has 0 aromatic heterocycles. The molecule has 1 aliphatic rings. The van der Waals surface area contributed by atoms with Crippen molar-refractivity contribution in [2.45, 2.75) is 13.5 Å². The van der Waals surface area contributed by atoms with E-state index in [1.165, 1.54) is 16.3 Å². The van der Waals surface area contributed by atoms with E-state index < -0.39 is 0 Å². The predicted octanol–water partition coefficient (Wildman–Crippen LogP) is 4.10. The molecule has 4 rings (SSSR count). The number of methoxy groups -OCH3 is 1. The number of ether oxygens (including phenoxy) is 1. The highest BCUT2D eigenvalue weighted by molar-refractivity contribution is 5.99. The van der Waals surface area contributed by atoms with E-state index in [4.69, 9.17) is 9.84 Å². The normalized spacial score (nSPS) is 15.7. The standard InChI is InChI=1S/C24H27N3O2/c1-18(20-10-11-23(28)24(16-20)29-2)25-27-14-12-26(13-15-27)17-21-8-5-7-19-6-3-4-9-22(19)21/h3-11,16,28H,12-15,17H2,1-2H3/b25-18-. The lowest BCUT2D eigenvalue weighted by Gasteiger charge is -2.33. The molecule has 150 valence electrons. The molecule has 3 aromatic carbocycles. The number of hydrazone groups is 1. The Kier molecular flexibility index (Phi) is 5.67. The second-order valence-electron chi connectivity index (χ2n) is 7.44. The number of phenolic OH excluding ortho intramolecular Hbond substituents is 1. The molecule has 0 atom stereocenters. The summed E-state index contributed by atoms with van der Waals surface area (Å²) in [5.41, 5.74) is 3.26. The molecule has 5 nitrogen and oxygen atoms in total. The Morgan fingerprint density at radius 3 is 2.55 bits per heavy atom. The highest BCUT2D eigenvalue weighted by Gasteiger charge is 2.17. The van der Waals surface area contributed by atoms with Crippen LogP contribution in [0.4, 0.5) is 0 Å². The lowest BCUT2D eigenvalue weighted by Crippen LogP contribution is -2.43. The minimum atomic E-state index is 0.145. The topological polar surface area (TPSA) is 48.3 Å². The van der Waals surface area contributed by atoms with E-state index in [0.717, 1.165) is 44.0 Å². The number of fused-ring (bicyclic) bond motifs is 1. The van der Waals surface area contributed by atoms with Gasteiger partial charge >= 0.3 is 0 Å². The van der Waals surface area contributed by atoms with E-state index in [2.05, 4.69) is 52.4 Å². The summed E-state index contributed by atoms with van der Waals surface area (Å²) in [4.78, 5) is 2.49. The zero-order chi connectivity index (χ0) is 20.2. The number of phenols is 1. The molecule has 0 unspecified atom stereocenters. The third-order valence-electron chi connectivity index (χ3n) is 5.51. The van der Waals surface area contributed by atoms with Crippen molar-refractivity contribution in [2.75, 3.05) is 33.3 Å². The Morgan fingerprint density at radius 1 is 1.00 bits per heavy atom. The number of piperazine rings is 1. The third-order valence-corrected chi connectivity index (χ3v) is 5.51. The molecule has 0 radical (unpaired) electrons. The van der Waals surface area contributed by atoms with Crippen LogP contribution >= 0.6 is 0 Å². The van der Waals surface area contributed by atoms with Crippen molar-refractivity contribution in [1.82, 2.24) is 9.91 Å². The first kappa shape index (κ1) is 19.3. The lowest BCUT2D eigenvalue weighted by molar-refractivity contribution is 0.131. The van der Waals surface area contributed by atoms with Crippen LogP contribution in [0.3, 0.4) is 0 Å². The van der Waals surface area contributed by atoms with Gasteiger partial charge in [0.1, 0.15) is 0 Å². The molecule has 0 bridgehead atoms. The summed E-state index contributed by atoms with van der Waals surface area (Å²) >= 11 is 0.